The third kappa shape index (κ3) is 4.25. The molecule has 0 aliphatic heterocycles. The summed E-state index contributed by atoms with van der Waals surface area (Å²) in [6.45, 7) is 0. The lowest BCUT2D eigenvalue weighted by Gasteiger charge is -2.10. The van der Waals surface area contributed by atoms with Crippen LogP contribution in [-0.4, -0.2) is 23.0 Å². The van der Waals surface area contributed by atoms with Crippen molar-refractivity contribution >= 4 is 32.4 Å². The summed E-state index contributed by atoms with van der Waals surface area (Å²) in [5.41, 5.74) is 3.75. The van der Waals surface area contributed by atoms with Crippen molar-refractivity contribution in [3.05, 3.63) is 90.9 Å². The lowest BCUT2D eigenvalue weighted by atomic mass is 10.0. The van der Waals surface area contributed by atoms with Gasteiger partial charge in [0.15, 0.2) is 10.7 Å². The number of para-hydroxylation sites is 1. The first-order valence-corrected chi connectivity index (χ1v) is 12.0. The number of hydrogen-bond acceptors (Lipinski definition) is 5. The molecule has 2 heterocycles. The Labute approximate surface area is 199 Å². The van der Waals surface area contributed by atoms with Crippen molar-refractivity contribution in [2.75, 3.05) is 5.32 Å². The van der Waals surface area contributed by atoms with Crippen molar-refractivity contribution in [2.45, 2.75) is 4.90 Å². The van der Waals surface area contributed by atoms with E-state index in [0.29, 0.717) is 17.1 Å². The van der Waals surface area contributed by atoms with E-state index in [4.69, 9.17) is 5.14 Å². The second kappa shape index (κ2) is 8.57. The number of nitrogens with zero attached hydrogens (tertiary/aromatic N) is 3. The summed E-state index contributed by atoms with van der Waals surface area (Å²) < 4.78 is 53.8. The van der Waals surface area contributed by atoms with Crippen LogP contribution in [0.3, 0.4) is 0 Å². The van der Waals surface area contributed by atoms with Crippen molar-refractivity contribution in [1.82, 2.24) is 14.5 Å². The number of benzene rings is 3. The van der Waals surface area contributed by atoms with Gasteiger partial charge in [0.25, 0.3) is 0 Å². The van der Waals surface area contributed by atoms with Gasteiger partial charge in [-0.2, -0.15) is 0 Å². The van der Waals surface area contributed by atoms with Crippen molar-refractivity contribution in [3.8, 4) is 22.4 Å². The molecular formula is C25H19F2N5O2S. The van der Waals surface area contributed by atoms with Crippen LogP contribution < -0.4 is 10.5 Å². The number of aromatic nitrogens is 3. The van der Waals surface area contributed by atoms with Crippen LogP contribution in [0, 0.1) is 11.6 Å². The Kier molecular flexibility index (Phi) is 5.54. The average Bonchev–Trinajstić information content (AvgIpc) is 3.16. The molecule has 0 unspecified atom stereocenters. The SMILES string of the molecule is Cn1cc(-c2cc(Nc3ccc(-c4ccc(F)c(S(N)(=O)=O)c4F)cc3)ncn2)c2ccccc21. The third-order valence-corrected chi connectivity index (χ3v) is 6.59. The Morgan fingerprint density at radius 1 is 0.943 bits per heavy atom. The highest BCUT2D eigenvalue weighted by Gasteiger charge is 2.23. The zero-order chi connectivity index (χ0) is 24.7. The van der Waals surface area contributed by atoms with E-state index in [2.05, 4.69) is 15.3 Å². The normalized spacial score (nSPS) is 11.7. The van der Waals surface area contributed by atoms with Gasteiger partial charge in [-0.15, -0.1) is 0 Å². The quantitative estimate of drug-likeness (QED) is 0.361. The van der Waals surface area contributed by atoms with Gasteiger partial charge in [-0.05, 0) is 35.9 Å². The van der Waals surface area contributed by atoms with Crippen LogP contribution >= 0.6 is 0 Å². The van der Waals surface area contributed by atoms with E-state index in [0.717, 1.165) is 28.2 Å². The molecule has 0 saturated carbocycles. The molecule has 35 heavy (non-hydrogen) atoms. The van der Waals surface area contributed by atoms with E-state index >= 15 is 0 Å². The van der Waals surface area contributed by atoms with E-state index in [1.54, 1.807) is 24.3 Å². The Morgan fingerprint density at radius 3 is 2.43 bits per heavy atom. The predicted octanol–water partition coefficient (Wildman–Crippen LogP) is 4.97. The van der Waals surface area contributed by atoms with Crippen molar-refractivity contribution < 1.29 is 17.2 Å². The minimum atomic E-state index is -4.56. The van der Waals surface area contributed by atoms with Crippen LogP contribution in [0.4, 0.5) is 20.3 Å². The van der Waals surface area contributed by atoms with Gasteiger partial charge in [0.1, 0.15) is 18.0 Å². The molecule has 0 fully saturated rings. The minimum Gasteiger partial charge on any atom is -0.350 e. The van der Waals surface area contributed by atoms with E-state index < -0.39 is 26.6 Å². The summed E-state index contributed by atoms with van der Waals surface area (Å²) in [4.78, 5) is 7.54. The zero-order valence-electron chi connectivity index (χ0n) is 18.4. The maximum absolute atomic E-state index is 14.7. The smallest absolute Gasteiger partial charge is 0.243 e. The molecule has 0 radical (unpaired) electrons. The number of hydrogen-bond donors (Lipinski definition) is 2. The van der Waals surface area contributed by atoms with Crippen molar-refractivity contribution in [1.29, 1.82) is 0 Å². The summed E-state index contributed by atoms with van der Waals surface area (Å²) in [6.07, 6.45) is 3.48. The second-order valence-electron chi connectivity index (χ2n) is 7.94. The van der Waals surface area contributed by atoms with E-state index in [1.165, 1.54) is 12.4 Å². The molecule has 0 saturated heterocycles. The number of halogens is 2. The first kappa shape index (κ1) is 22.6. The Morgan fingerprint density at radius 2 is 1.69 bits per heavy atom. The highest BCUT2D eigenvalue weighted by molar-refractivity contribution is 7.89. The summed E-state index contributed by atoms with van der Waals surface area (Å²) in [7, 11) is -2.59. The molecule has 3 N–H and O–H groups in total. The molecule has 176 valence electrons. The van der Waals surface area contributed by atoms with E-state index in [9.17, 15) is 17.2 Å². The fraction of sp³-hybridized carbons (Fsp3) is 0.0400. The fourth-order valence-corrected chi connectivity index (χ4v) is 4.72. The van der Waals surface area contributed by atoms with Crippen LogP contribution in [0.2, 0.25) is 0 Å². The number of nitrogens with one attached hydrogen (secondary N) is 1. The van der Waals surface area contributed by atoms with E-state index in [-0.39, 0.29) is 5.56 Å². The number of nitrogens with two attached hydrogens (primary N) is 1. The van der Waals surface area contributed by atoms with Gasteiger partial charge in [-0.1, -0.05) is 30.3 Å². The summed E-state index contributed by atoms with van der Waals surface area (Å²) in [6, 6.07) is 18.4. The summed E-state index contributed by atoms with van der Waals surface area (Å²) >= 11 is 0. The highest BCUT2D eigenvalue weighted by Crippen LogP contribution is 2.32. The predicted molar refractivity (Wildman–Crippen MR) is 130 cm³/mol. The second-order valence-corrected chi connectivity index (χ2v) is 9.44. The maximum Gasteiger partial charge on any atom is 0.243 e. The largest absolute Gasteiger partial charge is 0.350 e. The van der Waals surface area contributed by atoms with Gasteiger partial charge in [-0.25, -0.2) is 32.3 Å². The highest BCUT2D eigenvalue weighted by atomic mass is 32.2. The molecule has 0 bridgehead atoms. The number of rotatable bonds is 5. The fourth-order valence-electron chi connectivity index (χ4n) is 4.02. The summed E-state index contributed by atoms with van der Waals surface area (Å²) in [5, 5.41) is 9.22. The average molecular weight is 492 g/mol. The van der Waals surface area contributed by atoms with Crippen LogP contribution in [0.25, 0.3) is 33.3 Å². The number of aryl methyl sites for hydroxylation is 1. The van der Waals surface area contributed by atoms with Gasteiger partial charge in [0.05, 0.1) is 5.69 Å². The van der Waals surface area contributed by atoms with Gasteiger partial charge < -0.3 is 9.88 Å². The molecular weight excluding hydrogens is 472 g/mol. The number of fused-ring (bicyclic) bond motifs is 1. The molecule has 0 aliphatic carbocycles. The van der Waals surface area contributed by atoms with Gasteiger partial charge >= 0.3 is 0 Å². The Bertz CT molecular complexity index is 1680. The van der Waals surface area contributed by atoms with Crippen LogP contribution in [-0.2, 0) is 17.1 Å². The molecule has 0 amide bonds. The lowest BCUT2D eigenvalue weighted by molar-refractivity contribution is 0.522. The molecule has 3 aromatic carbocycles. The molecule has 5 aromatic rings. The zero-order valence-corrected chi connectivity index (χ0v) is 19.2. The van der Waals surface area contributed by atoms with Gasteiger partial charge in [-0.3, -0.25) is 0 Å². The number of sulfonamides is 1. The standard InChI is InChI=1S/C25H19F2N5O2S/c1-32-13-19(18-4-2-3-5-22(18)32)21-12-23(30-14-29-21)31-16-8-6-15(7-9-16)17-10-11-20(26)25(24(17)27)35(28,33)34/h2-14H,1H3,(H2,28,33,34)(H,29,30,31). The molecule has 0 spiro atoms. The molecule has 5 rings (SSSR count). The van der Waals surface area contributed by atoms with Gasteiger partial charge in [0, 0.05) is 47.0 Å². The van der Waals surface area contributed by atoms with Crippen molar-refractivity contribution in [2.24, 2.45) is 12.2 Å². The lowest BCUT2D eigenvalue weighted by Crippen LogP contribution is -2.16. The summed E-state index contributed by atoms with van der Waals surface area (Å²) in [5.74, 6) is -1.92. The van der Waals surface area contributed by atoms with Crippen molar-refractivity contribution in [3.63, 3.8) is 0 Å². The molecule has 0 aliphatic rings. The first-order chi connectivity index (χ1) is 16.7. The van der Waals surface area contributed by atoms with Crippen LogP contribution in [0.5, 0.6) is 0 Å². The molecule has 7 nitrogen and oxygen atoms in total. The topological polar surface area (TPSA) is 103 Å². The first-order valence-electron chi connectivity index (χ1n) is 10.5. The number of primary sulfonamides is 1. The third-order valence-electron chi connectivity index (χ3n) is 5.64. The molecule has 0 atom stereocenters. The van der Waals surface area contributed by atoms with Crippen LogP contribution in [0.15, 0.2) is 84.1 Å². The maximum atomic E-state index is 14.7. The number of anilines is 2. The monoisotopic (exact) mass is 491 g/mol. The van der Waals surface area contributed by atoms with Gasteiger partial charge in [0.2, 0.25) is 10.0 Å². The van der Waals surface area contributed by atoms with E-state index in [1.807, 2.05) is 48.1 Å². The Hall–Kier alpha value is -4.15. The van der Waals surface area contributed by atoms with Crippen LogP contribution in [0.1, 0.15) is 0 Å². The molecule has 2 aromatic heterocycles. The minimum absolute atomic E-state index is 0.0812. The Balaban J connectivity index is 1.43. The molecule has 10 heteroatoms.